The van der Waals surface area contributed by atoms with Crippen LogP contribution in [0.5, 0.6) is 0 Å². The zero-order valence-corrected chi connectivity index (χ0v) is 11.2. The second kappa shape index (κ2) is 5.42. The Morgan fingerprint density at radius 2 is 2.26 bits per heavy atom. The number of amides is 1. The molecular weight excluding hydrogens is 246 g/mol. The fourth-order valence-electron chi connectivity index (χ4n) is 2.75. The van der Waals surface area contributed by atoms with Gasteiger partial charge in [-0.05, 0) is 25.7 Å². The van der Waals surface area contributed by atoms with Crippen LogP contribution in [0.25, 0.3) is 0 Å². The summed E-state index contributed by atoms with van der Waals surface area (Å²) in [6.45, 7) is 2.20. The van der Waals surface area contributed by atoms with Crippen molar-refractivity contribution < 1.29 is 14.7 Å². The van der Waals surface area contributed by atoms with Crippen molar-refractivity contribution in [3.8, 4) is 0 Å². The number of hydrogen-bond acceptors (Lipinski definition) is 3. The van der Waals surface area contributed by atoms with Gasteiger partial charge in [-0.3, -0.25) is 14.3 Å². The number of carbonyl (C=O) groups excluding carboxylic acids is 1. The summed E-state index contributed by atoms with van der Waals surface area (Å²) in [5, 5.41) is 16.0. The van der Waals surface area contributed by atoms with E-state index in [4.69, 9.17) is 5.11 Å². The van der Waals surface area contributed by atoms with Gasteiger partial charge in [0.1, 0.15) is 0 Å². The van der Waals surface area contributed by atoms with E-state index in [0.717, 1.165) is 12.8 Å². The minimum absolute atomic E-state index is 0.0402. The molecule has 2 N–H and O–H groups in total. The second-order valence-corrected chi connectivity index (χ2v) is 5.15. The van der Waals surface area contributed by atoms with Crippen LogP contribution in [0.1, 0.15) is 35.3 Å². The monoisotopic (exact) mass is 265 g/mol. The Morgan fingerprint density at radius 1 is 1.53 bits per heavy atom. The maximum absolute atomic E-state index is 12.0. The van der Waals surface area contributed by atoms with Crippen LogP contribution in [0.2, 0.25) is 0 Å². The van der Waals surface area contributed by atoms with Crippen molar-refractivity contribution in [2.24, 2.45) is 18.9 Å². The van der Waals surface area contributed by atoms with Gasteiger partial charge in [-0.25, -0.2) is 0 Å². The maximum atomic E-state index is 12.0. The Hall–Kier alpha value is -1.85. The lowest BCUT2D eigenvalue weighted by atomic mass is 9.96. The van der Waals surface area contributed by atoms with Crippen LogP contribution in [-0.4, -0.2) is 33.3 Å². The summed E-state index contributed by atoms with van der Waals surface area (Å²) < 4.78 is 1.60. The van der Waals surface area contributed by atoms with Crippen LogP contribution in [0.15, 0.2) is 6.20 Å². The zero-order valence-electron chi connectivity index (χ0n) is 11.2. The van der Waals surface area contributed by atoms with E-state index < -0.39 is 5.97 Å². The number of carbonyl (C=O) groups is 2. The molecule has 1 aromatic heterocycles. The van der Waals surface area contributed by atoms with Gasteiger partial charge < -0.3 is 10.4 Å². The molecule has 2 rings (SSSR count). The van der Waals surface area contributed by atoms with E-state index in [9.17, 15) is 9.59 Å². The fourth-order valence-corrected chi connectivity index (χ4v) is 2.75. The van der Waals surface area contributed by atoms with Gasteiger partial charge in [-0.2, -0.15) is 5.10 Å². The predicted octanol–water partition coefficient (Wildman–Crippen LogP) is 0.959. The van der Waals surface area contributed by atoms with Crippen LogP contribution in [0.3, 0.4) is 0 Å². The SMILES string of the molecule is Cc1nn(C)cc1C(=O)NCC1CCCC1C(=O)O. The molecule has 0 aromatic carbocycles. The van der Waals surface area contributed by atoms with Gasteiger partial charge in [-0.1, -0.05) is 6.42 Å². The predicted molar refractivity (Wildman–Crippen MR) is 68.7 cm³/mol. The number of rotatable bonds is 4. The van der Waals surface area contributed by atoms with E-state index in [1.165, 1.54) is 0 Å². The van der Waals surface area contributed by atoms with E-state index in [1.807, 2.05) is 0 Å². The van der Waals surface area contributed by atoms with E-state index in [2.05, 4.69) is 10.4 Å². The first-order valence-electron chi connectivity index (χ1n) is 6.50. The van der Waals surface area contributed by atoms with Crippen LogP contribution >= 0.6 is 0 Å². The molecule has 6 heteroatoms. The van der Waals surface area contributed by atoms with Crippen molar-refractivity contribution in [2.75, 3.05) is 6.54 Å². The molecule has 6 nitrogen and oxygen atoms in total. The summed E-state index contributed by atoms with van der Waals surface area (Å²) in [6, 6.07) is 0. The normalized spacial score (nSPS) is 22.4. The lowest BCUT2D eigenvalue weighted by Crippen LogP contribution is -2.33. The molecular formula is C13H19N3O3. The van der Waals surface area contributed by atoms with Crippen LogP contribution < -0.4 is 5.32 Å². The molecule has 0 spiro atoms. The highest BCUT2D eigenvalue weighted by atomic mass is 16.4. The van der Waals surface area contributed by atoms with Gasteiger partial charge >= 0.3 is 5.97 Å². The summed E-state index contributed by atoms with van der Waals surface area (Å²) in [6.07, 6.45) is 4.17. The summed E-state index contributed by atoms with van der Waals surface area (Å²) in [4.78, 5) is 23.1. The molecule has 1 saturated carbocycles. The summed E-state index contributed by atoms with van der Waals surface area (Å²) in [5.74, 6) is -1.22. The van der Waals surface area contributed by atoms with Crippen LogP contribution in [-0.2, 0) is 11.8 Å². The Kier molecular flexibility index (Phi) is 3.87. The van der Waals surface area contributed by atoms with E-state index in [1.54, 1.807) is 24.9 Å². The molecule has 0 radical (unpaired) electrons. The van der Waals surface area contributed by atoms with Gasteiger partial charge in [0.15, 0.2) is 0 Å². The molecule has 1 fully saturated rings. The van der Waals surface area contributed by atoms with Crippen molar-refractivity contribution in [2.45, 2.75) is 26.2 Å². The third kappa shape index (κ3) is 2.94. The Bertz CT molecular complexity index is 495. The smallest absolute Gasteiger partial charge is 0.306 e. The molecule has 2 unspecified atom stereocenters. The van der Waals surface area contributed by atoms with E-state index in [0.29, 0.717) is 24.2 Å². The largest absolute Gasteiger partial charge is 0.481 e. The van der Waals surface area contributed by atoms with Crippen molar-refractivity contribution >= 4 is 11.9 Å². The summed E-state index contributed by atoms with van der Waals surface area (Å²) >= 11 is 0. The lowest BCUT2D eigenvalue weighted by Gasteiger charge is -2.16. The first kappa shape index (κ1) is 13.6. The van der Waals surface area contributed by atoms with Crippen molar-refractivity contribution in [1.82, 2.24) is 15.1 Å². The van der Waals surface area contributed by atoms with Crippen molar-refractivity contribution in [3.05, 3.63) is 17.5 Å². The number of aromatic nitrogens is 2. The Labute approximate surface area is 111 Å². The highest BCUT2D eigenvalue weighted by Gasteiger charge is 2.33. The number of nitrogens with one attached hydrogen (secondary N) is 1. The van der Waals surface area contributed by atoms with Gasteiger partial charge in [0.25, 0.3) is 5.91 Å². The molecule has 0 saturated heterocycles. The molecule has 1 aromatic rings. The molecule has 104 valence electrons. The molecule has 1 amide bonds. The van der Waals surface area contributed by atoms with Crippen molar-refractivity contribution in [3.63, 3.8) is 0 Å². The number of carboxylic acid groups (broad SMARTS) is 1. The van der Waals surface area contributed by atoms with Crippen LogP contribution in [0.4, 0.5) is 0 Å². The molecule has 1 heterocycles. The fraction of sp³-hybridized carbons (Fsp3) is 0.615. The topological polar surface area (TPSA) is 84.2 Å². The third-order valence-electron chi connectivity index (χ3n) is 3.76. The molecule has 1 aliphatic rings. The first-order chi connectivity index (χ1) is 8.99. The molecule has 0 aliphatic heterocycles. The minimum Gasteiger partial charge on any atom is -0.481 e. The second-order valence-electron chi connectivity index (χ2n) is 5.15. The molecule has 19 heavy (non-hydrogen) atoms. The van der Waals surface area contributed by atoms with Crippen LogP contribution in [0, 0.1) is 18.8 Å². The number of hydrogen-bond donors (Lipinski definition) is 2. The van der Waals surface area contributed by atoms with E-state index >= 15 is 0 Å². The van der Waals surface area contributed by atoms with Crippen molar-refractivity contribution in [1.29, 1.82) is 0 Å². The van der Waals surface area contributed by atoms with Gasteiger partial charge in [-0.15, -0.1) is 0 Å². The minimum atomic E-state index is -0.755. The van der Waals surface area contributed by atoms with Gasteiger partial charge in [0, 0.05) is 19.8 Å². The Morgan fingerprint density at radius 3 is 2.84 bits per heavy atom. The standard InChI is InChI=1S/C13H19N3O3/c1-8-11(7-16(2)15-8)12(17)14-6-9-4-3-5-10(9)13(18)19/h7,9-10H,3-6H2,1-2H3,(H,14,17)(H,18,19). The summed E-state index contributed by atoms with van der Waals surface area (Å²) in [5.41, 5.74) is 1.23. The highest BCUT2D eigenvalue weighted by Crippen LogP contribution is 2.31. The highest BCUT2D eigenvalue weighted by molar-refractivity contribution is 5.95. The Balaban J connectivity index is 1.94. The van der Waals surface area contributed by atoms with E-state index in [-0.39, 0.29) is 17.7 Å². The maximum Gasteiger partial charge on any atom is 0.306 e. The molecule has 0 bridgehead atoms. The average Bonchev–Trinajstić information content (AvgIpc) is 2.92. The molecule has 1 aliphatic carbocycles. The number of nitrogens with zero attached hydrogens (tertiary/aromatic N) is 2. The lowest BCUT2D eigenvalue weighted by molar-refractivity contribution is -0.142. The zero-order chi connectivity index (χ0) is 14.0. The number of aryl methyl sites for hydroxylation is 2. The number of aliphatic carboxylic acids is 1. The number of carboxylic acids is 1. The quantitative estimate of drug-likeness (QED) is 0.849. The first-order valence-corrected chi connectivity index (χ1v) is 6.50. The third-order valence-corrected chi connectivity index (χ3v) is 3.76. The van der Waals surface area contributed by atoms with Gasteiger partial charge in [0.2, 0.25) is 0 Å². The molecule has 2 atom stereocenters. The van der Waals surface area contributed by atoms with Gasteiger partial charge in [0.05, 0.1) is 17.2 Å². The summed E-state index contributed by atoms with van der Waals surface area (Å²) in [7, 11) is 1.77. The average molecular weight is 265 g/mol.